The Morgan fingerprint density at radius 3 is 2.43 bits per heavy atom. The maximum Gasteiger partial charge on any atom is 0.126 e. The second-order valence-corrected chi connectivity index (χ2v) is 6.08. The average Bonchev–Trinajstić information content (AvgIpc) is 2.42. The molecule has 0 fully saturated rings. The molecule has 0 radical (unpaired) electrons. The quantitative estimate of drug-likeness (QED) is 0.732. The van der Waals surface area contributed by atoms with Gasteiger partial charge in [-0.2, -0.15) is 0 Å². The van der Waals surface area contributed by atoms with Gasteiger partial charge in [0.25, 0.3) is 0 Å². The molecule has 1 N–H and O–H groups in total. The van der Waals surface area contributed by atoms with Crippen LogP contribution in [0, 0.1) is 11.6 Å². The molecule has 2 rings (SSSR count). The molecular weight excluding hydrogens is 360 g/mol. The molecule has 1 unspecified atom stereocenters. The molecule has 0 aliphatic heterocycles. The predicted octanol–water partition coefficient (Wildman–Crippen LogP) is 5.47. The second-order valence-electron chi connectivity index (χ2n) is 4.76. The maximum atomic E-state index is 13.5. The van der Waals surface area contributed by atoms with Crippen molar-refractivity contribution in [3.8, 4) is 0 Å². The molecule has 1 nitrogen and oxygen atoms in total. The molecule has 0 aliphatic rings. The summed E-state index contributed by atoms with van der Waals surface area (Å²) < 4.78 is 27.9. The summed E-state index contributed by atoms with van der Waals surface area (Å²) in [5, 5.41) is 3.84. The number of rotatable bonds is 5. The first-order valence-corrected chi connectivity index (χ1v) is 7.82. The molecule has 0 saturated carbocycles. The minimum absolute atomic E-state index is 0.361. The van der Waals surface area contributed by atoms with Gasteiger partial charge in [0, 0.05) is 15.6 Å². The van der Waals surface area contributed by atoms with Crippen LogP contribution < -0.4 is 5.32 Å². The van der Waals surface area contributed by atoms with Gasteiger partial charge in [0.1, 0.15) is 11.6 Å². The van der Waals surface area contributed by atoms with Gasteiger partial charge in [0.05, 0.1) is 6.04 Å². The number of halogens is 4. The minimum atomic E-state index is -0.598. The summed E-state index contributed by atoms with van der Waals surface area (Å²) in [5.41, 5.74) is 1.30. The van der Waals surface area contributed by atoms with E-state index in [2.05, 4.69) is 21.2 Å². The lowest BCUT2D eigenvalue weighted by Crippen LogP contribution is -2.23. The maximum absolute atomic E-state index is 13.5. The molecule has 0 amide bonds. The highest BCUT2D eigenvalue weighted by Gasteiger charge is 2.18. The van der Waals surface area contributed by atoms with Gasteiger partial charge in [-0.15, -0.1) is 0 Å². The highest BCUT2D eigenvalue weighted by atomic mass is 79.9. The lowest BCUT2D eigenvalue weighted by molar-refractivity contribution is 0.558. The van der Waals surface area contributed by atoms with Crippen LogP contribution in [-0.4, -0.2) is 6.54 Å². The Bertz CT molecular complexity index is 613. The molecule has 0 aromatic heterocycles. The number of hydrogen-bond acceptors (Lipinski definition) is 1. The van der Waals surface area contributed by atoms with E-state index in [9.17, 15) is 8.78 Å². The van der Waals surface area contributed by atoms with Crippen LogP contribution in [0.1, 0.15) is 30.5 Å². The van der Waals surface area contributed by atoms with Gasteiger partial charge in [-0.1, -0.05) is 34.5 Å². The Kier molecular flexibility index (Phi) is 5.73. The third-order valence-electron chi connectivity index (χ3n) is 3.09. The first-order chi connectivity index (χ1) is 10.0. The fourth-order valence-corrected chi connectivity index (χ4v) is 2.78. The first kappa shape index (κ1) is 16.4. The van der Waals surface area contributed by atoms with E-state index in [4.69, 9.17) is 11.6 Å². The Morgan fingerprint density at radius 2 is 1.81 bits per heavy atom. The third-order valence-corrected chi connectivity index (χ3v) is 3.92. The van der Waals surface area contributed by atoms with Gasteiger partial charge in [-0.25, -0.2) is 8.78 Å². The van der Waals surface area contributed by atoms with E-state index in [-0.39, 0.29) is 6.04 Å². The molecule has 1 atom stereocenters. The SMILES string of the molecule is CCCNC(c1cc(F)cc(F)c1)c1cc(Br)ccc1Cl. The lowest BCUT2D eigenvalue weighted by Gasteiger charge is -2.21. The molecule has 0 heterocycles. The molecule has 21 heavy (non-hydrogen) atoms. The van der Waals surface area contributed by atoms with Crippen LogP contribution in [0.3, 0.4) is 0 Å². The van der Waals surface area contributed by atoms with Gasteiger partial charge < -0.3 is 5.32 Å². The van der Waals surface area contributed by atoms with Crippen molar-refractivity contribution in [3.05, 3.63) is 68.7 Å². The van der Waals surface area contributed by atoms with E-state index in [1.54, 1.807) is 6.07 Å². The highest BCUT2D eigenvalue weighted by molar-refractivity contribution is 9.10. The number of nitrogens with one attached hydrogen (secondary N) is 1. The van der Waals surface area contributed by atoms with Gasteiger partial charge in [0.15, 0.2) is 0 Å². The molecule has 2 aromatic rings. The second kappa shape index (κ2) is 7.34. The zero-order chi connectivity index (χ0) is 15.4. The summed E-state index contributed by atoms with van der Waals surface area (Å²) in [6, 6.07) is 8.61. The summed E-state index contributed by atoms with van der Waals surface area (Å²) in [5.74, 6) is -1.20. The summed E-state index contributed by atoms with van der Waals surface area (Å²) in [4.78, 5) is 0. The van der Waals surface area contributed by atoms with Crippen LogP contribution in [0.2, 0.25) is 5.02 Å². The molecule has 0 bridgehead atoms. The van der Waals surface area contributed by atoms with Crippen LogP contribution in [0.4, 0.5) is 8.78 Å². The van der Waals surface area contributed by atoms with Crippen molar-refractivity contribution in [1.29, 1.82) is 0 Å². The van der Waals surface area contributed by atoms with Crippen molar-refractivity contribution < 1.29 is 8.78 Å². The van der Waals surface area contributed by atoms with Crippen LogP contribution >= 0.6 is 27.5 Å². The van der Waals surface area contributed by atoms with Crippen LogP contribution in [0.5, 0.6) is 0 Å². The van der Waals surface area contributed by atoms with Gasteiger partial charge >= 0.3 is 0 Å². The molecule has 2 aromatic carbocycles. The standard InChI is InChI=1S/C16H15BrClF2N/c1-2-5-21-16(10-6-12(19)9-13(20)7-10)14-8-11(17)3-4-15(14)18/h3-4,6-9,16,21H,2,5H2,1H3. The average molecular weight is 375 g/mol. The van der Waals surface area contributed by atoms with Crippen molar-refractivity contribution in [3.63, 3.8) is 0 Å². The van der Waals surface area contributed by atoms with Crippen molar-refractivity contribution in [2.45, 2.75) is 19.4 Å². The Hall–Kier alpha value is -0.970. The van der Waals surface area contributed by atoms with Crippen LogP contribution in [0.25, 0.3) is 0 Å². The van der Waals surface area contributed by atoms with E-state index in [1.165, 1.54) is 12.1 Å². The fraction of sp³-hybridized carbons (Fsp3) is 0.250. The Balaban J connectivity index is 2.49. The smallest absolute Gasteiger partial charge is 0.126 e. The van der Waals surface area contributed by atoms with Gasteiger partial charge in [-0.05, 0) is 54.4 Å². The number of hydrogen-bond donors (Lipinski definition) is 1. The van der Waals surface area contributed by atoms with Crippen molar-refractivity contribution >= 4 is 27.5 Å². The molecule has 112 valence electrons. The van der Waals surface area contributed by atoms with Crippen molar-refractivity contribution in [2.24, 2.45) is 0 Å². The van der Waals surface area contributed by atoms with E-state index in [0.29, 0.717) is 17.1 Å². The molecule has 5 heteroatoms. The van der Waals surface area contributed by atoms with E-state index >= 15 is 0 Å². The molecule has 0 saturated heterocycles. The highest BCUT2D eigenvalue weighted by Crippen LogP contribution is 2.31. The van der Waals surface area contributed by atoms with Crippen LogP contribution in [-0.2, 0) is 0 Å². The topological polar surface area (TPSA) is 12.0 Å². The monoisotopic (exact) mass is 373 g/mol. The number of benzene rings is 2. The van der Waals surface area contributed by atoms with Crippen LogP contribution in [0.15, 0.2) is 40.9 Å². The summed E-state index contributed by atoms with van der Waals surface area (Å²) >= 11 is 9.65. The summed E-state index contributed by atoms with van der Waals surface area (Å²) in [6.45, 7) is 2.74. The van der Waals surface area contributed by atoms with Crippen molar-refractivity contribution in [2.75, 3.05) is 6.54 Å². The largest absolute Gasteiger partial charge is 0.306 e. The Labute approximate surface area is 136 Å². The van der Waals surface area contributed by atoms with Gasteiger partial charge in [0.2, 0.25) is 0 Å². The zero-order valence-electron chi connectivity index (χ0n) is 11.5. The van der Waals surface area contributed by atoms with Crippen molar-refractivity contribution in [1.82, 2.24) is 5.32 Å². The van der Waals surface area contributed by atoms with Gasteiger partial charge in [-0.3, -0.25) is 0 Å². The van der Waals surface area contributed by atoms with E-state index in [1.807, 2.05) is 19.1 Å². The Morgan fingerprint density at radius 1 is 1.14 bits per heavy atom. The third kappa shape index (κ3) is 4.25. The molecule has 0 aliphatic carbocycles. The molecular formula is C16H15BrClF2N. The van der Waals surface area contributed by atoms with E-state index in [0.717, 1.165) is 22.5 Å². The lowest BCUT2D eigenvalue weighted by atomic mass is 9.98. The minimum Gasteiger partial charge on any atom is -0.306 e. The van der Waals surface area contributed by atoms with E-state index < -0.39 is 11.6 Å². The summed E-state index contributed by atoms with van der Waals surface area (Å²) in [6.07, 6.45) is 0.903. The fourth-order valence-electron chi connectivity index (χ4n) is 2.17. The molecule has 0 spiro atoms. The summed E-state index contributed by atoms with van der Waals surface area (Å²) in [7, 11) is 0. The normalized spacial score (nSPS) is 12.4. The predicted molar refractivity (Wildman–Crippen MR) is 85.6 cm³/mol. The zero-order valence-corrected chi connectivity index (χ0v) is 13.8. The first-order valence-electron chi connectivity index (χ1n) is 6.65.